The van der Waals surface area contributed by atoms with Crippen LogP contribution in [0.3, 0.4) is 0 Å². The van der Waals surface area contributed by atoms with Crippen LogP contribution in [0.25, 0.3) is 0 Å². The van der Waals surface area contributed by atoms with E-state index in [1.165, 1.54) is 6.07 Å². The fourth-order valence-electron chi connectivity index (χ4n) is 2.51. The number of amides is 1. The molecule has 1 fully saturated rings. The summed E-state index contributed by atoms with van der Waals surface area (Å²) in [6.45, 7) is 0.274. The van der Waals surface area contributed by atoms with Crippen LogP contribution in [-0.4, -0.2) is 23.1 Å². The first-order valence-corrected chi connectivity index (χ1v) is 9.08. The summed E-state index contributed by atoms with van der Waals surface area (Å²) in [6.07, 6.45) is 3.87. The van der Waals surface area contributed by atoms with Crippen molar-refractivity contribution in [3.63, 3.8) is 0 Å². The van der Waals surface area contributed by atoms with Gasteiger partial charge in [0.05, 0.1) is 10.6 Å². The zero-order valence-electron chi connectivity index (χ0n) is 12.8. The predicted molar refractivity (Wildman–Crippen MR) is 92.5 cm³/mol. The van der Waals surface area contributed by atoms with E-state index in [2.05, 4.69) is 0 Å². The number of rotatable bonds is 5. The lowest BCUT2D eigenvalue weighted by Gasteiger charge is -2.23. The van der Waals surface area contributed by atoms with Crippen molar-refractivity contribution in [3.8, 4) is 0 Å². The number of carbonyl (C=O) groups excluding carboxylic acids is 1. The van der Waals surface area contributed by atoms with Gasteiger partial charge in [0.2, 0.25) is 0 Å². The van der Waals surface area contributed by atoms with Gasteiger partial charge in [-0.05, 0) is 43.4 Å². The first-order chi connectivity index (χ1) is 11.1. The van der Waals surface area contributed by atoms with Crippen molar-refractivity contribution in [2.24, 2.45) is 0 Å². The first-order valence-electron chi connectivity index (χ1n) is 7.48. The van der Waals surface area contributed by atoms with E-state index in [0.717, 1.165) is 17.7 Å². The number of hydrogen-bond donors (Lipinski definition) is 0. The molecule has 0 N–H and O–H groups in total. The Morgan fingerprint density at radius 2 is 2.04 bits per heavy atom. The van der Waals surface area contributed by atoms with Crippen LogP contribution in [0.15, 0.2) is 47.4 Å². The summed E-state index contributed by atoms with van der Waals surface area (Å²) in [7, 11) is 0. The lowest BCUT2D eigenvalue weighted by molar-refractivity contribution is 0.0728. The highest BCUT2D eigenvalue weighted by Crippen LogP contribution is 2.32. The zero-order chi connectivity index (χ0) is 16.4. The monoisotopic (exact) mass is 349 g/mol. The molecule has 0 saturated heterocycles. The molecule has 2 aromatic carbocycles. The minimum absolute atomic E-state index is 0.128. The molecule has 2 aromatic rings. The third-order valence-electron chi connectivity index (χ3n) is 3.95. The van der Waals surface area contributed by atoms with Crippen molar-refractivity contribution in [2.45, 2.75) is 30.3 Å². The predicted octanol–water partition coefficient (Wildman–Crippen LogP) is 5.01. The van der Waals surface area contributed by atoms with E-state index in [1.807, 2.05) is 18.4 Å². The van der Waals surface area contributed by atoms with E-state index in [4.69, 9.17) is 11.6 Å². The average Bonchev–Trinajstić information content (AvgIpc) is 3.39. The molecule has 1 amide bonds. The lowest BCUT2D eigenvalue weighted by Crippen LogP contribution is -2.33. The van der Waals surface area contributed by atoms with Crippen LogP contribution in [0.2, 0.25) is 5.02 Å². The van der Waals surface area contributed by atoms with Crippen molar-refractivity contribution < 1.29 is 9.18 Å². The number of halogens is 2. The van der Waals surface area contributed by atoms with Gasteiger partial charge in [-0.3, -0.25) is 4.79 Å². The third-order valence-corrected chi connectivity index (χ3v) is 5.01. The summed E-state index contributed by atoms with van der Waals surface area (Å²) >= 11 is 7.78. The Labute approximate surface area is 144 Å². The van der Waals surface area contributed by atoms with Crippen LogP contribution in [0.4, 0.5) is 4.39 Å². The summed E-state index contributed by atoms with van der Waals surface area (Å²) in [5.74, 6) is -0.411. The second-order valence-corrected chi connectivity index (χ2v) is 6.89. The Morgan fingerprint density at radius 3 is 2.70 bits per heavy atom. The lowest BCUT2D eigenvalue weighted by atomic mass is 10.1. The summed E-state index contributed by atoms with van der Waals surface area (Å²) in [5, 5.41) is 0.437. The maximum Gasteiger partial charge on any atom is 0.255 e. The fourth-order valence-corrected chi connectivity index (χ4v) is 3.15. The molecule has 1 saturated carbocycles. The molecule has 23 heavy (non-hydrogen) atoms. The Bertz CT molecular complexity index is 733. The van der Waals surface area contributed by atoms with E-state index in [0.29, 0.717) is 16.1 Å². The first kappa shape index (κ1) is 16.3. The van der Waals surface area contributed by atoms with Gasteiger partial charge in [0, 0.05) is 23.0 Å². The number of carbonyl (C=O) groups is 1. The van der Waals surface area contributed by atoms with Crippen LogP contribution in [0.1, 0.15) is 28.8 Å². The molecule has 1 aliphatic carbocycles. The Balaban J connectivity index is 1.90. The molecular weight excluding hydrogens is 333 g/mol. The Hall–Kier alpha value is -1.52. The quantitative estimate of drug-likeness (QED) is 0.707. The van der Waals surface area contributed by atoms with E-state index in [-0.39, 0.29) is 24.3 Å². The van der Waals surface area contributed by atoms with Gasteiger partial charge in [-0.1, -0.05) is 29.8 Å². The van der Waals surface area contributed by atoms with Crippen molar-refractivity contribution in [1.82, 2.24) is 4.90 Å². The third kappa shape index (κ3) is 3.70. The van der Waals surface area contributed by atoms with E-state index in [1.54, 1.807) is 40.9 Å². The second-order valence-electron chi connectivity index (χ2n) is 5.60. The summed E-state index contributed by atoms with van der Waals surface area (Å²) < 4.78 is 13.9. The molecule has 0 aliphatic heterocycles. The molecule has 2 nitrogen and oxygen atoms in total. The average molecular weight is 350 g/mol. The molecule has 0 atom stereocenters. The maximum absolute atomic E-state index is 13.9. The second kappa shape index (κ2) is 6.93. The molecule has 120 valence electrons. The Kier molecular flexibility index (Phi) is 4.93. The van der Waals surface area contributed by atoms with Crippen LogP contribution in [-0.2, 0) is 6.54 Å². The highest BCUT2D eigenvalue weighted by molar-refractivity contribution is 7.98. The van der Waals surface area contributed by atoms with Gasteiger partial charge in [-0.15, -0.1) is 11.8 Å². The Morgan fingerprint density at radius 1 is 1.30 bits per heavy atom. The summed E-state index contributed by atoms with van der Waals surface area (Å²) in [5.41, 5.74) is 1.02. The van der Waals surface area contributed by atoms with E-state index >= 15 is 0 Å². The molecule has 1 aliphatic rings. The highest BCUT2D eigenvalue weighted by Gasteiger charge is 2.34. The van der Waals surface area contributed by atoms with Gasteiger partial charge in [0.1, 0.15) is 5.82 Å². The molecule has 3 rings (SSSR count). The smallest absolute Gasteiger partial charge is 0.255 e. The van der Waals surface area contributed by atoms with Crippen molar-refractivity contribution in [1.29, 1.82) is 0 Å². The minimum Gasteiger partial charge on any atom is -0.331 e. The number of benzene rings is 2. The molecular formula is C18H17ClFNOS. The van der Waals surface area contributed by atoms with Crippen molar-refractivity contribution in [2.75, 3.05) is 6.26 Å². The molecule has 5 heteroatoms. The summed E-state index contributed by atoms with van der Waals surface area (Å²) in [4.78, 5) is 15.7. The topological polar surface area (TPSA) is 20.3 Å². The molecule has 0 heterocycles. The van der Waals surface area contributed by atoms with Crippen molar-refractivity contribution >= 4 is 29.3 Å². The van der Waals surface area contributed by atoms with Crippen LogP contribution < -0.4 is 0 Å². The number of nitrogens with zero attached hydrogens (tertiary/aromatic N) is 1. The van der Waals surface area contributed by atoms with Crippen molar-refractivity contribution in [3.05, 3.63) is 64.4 Å². The molecule has 0 aromatic heterocycles. The largest absolute Gasteiger partial charge is 0.331 e. The van der Waals surface area contributed by atoms with Gasteiger partial charge in [0.15, 0.2) is 0 Å². The fraction of sp³-hybridized carbons (Fsp3) is 0.278. The number of hydrogen-bond acceptors (Lipinski definition) is 2. The van der Waals surface area contributed by atoms with Crippen LogP contribution in [0, 0.1) is 5.82 Å². The molecule has 0 bridgehead atoms. The van der Waals surface area contributed by atoms with Gasteiger partial charge >= 0.3 is 0 Å². The minimum atomic E-state index is -0.282. The van der Waals surface area contributed by atoms with Gasteiger partial charge in [0.25, 0.3) is 5.91 Å². The molecule has 0 spiro atoms. The van der Waals surface area contributed by atoms with Gasteiger partial charge < -0.3 is 4.90 Å². The number of thioether (sulfide) groups is 1. The van der Waals surface area contributed by atoms with Crippen LogP contribution in [0.5, 0.6) is 0 Å². The zero-order valence-corrected chi connectivity index (χ0v) is 14.3. The highest BCUT2D eigenvalue weighted by atomic mass is 35.5. The van der Waals surface area contributed by atoms with E-state index < -0.39 is 0 Å². The normalized spacial score (nSPS) is 13.9. The van der Waals surface area contributed by atoms with E-state index in [9.17, 15) is 9.18 Å². The standard InChI is InChI=1S/C18H17ClFNOS/c1-23-14-8-9-16(19)15(10-14)18(22)21(13-6-7-13)11-12-4-2-3-5-17(12)20/h2-5,8-10,13H,6-7,11H2,1H3. The maximum atomic E-state index is 13.9. The van der Waals surface area contributed by atoms with Crippen LogP contribution >= 0.6 is 23.4 Å². The molecule has 0 unspecified atom stereocenters. The summed E-state index contributed by atoms with van der Waals surface area (Å²) in [6, 6.07) is 12.2. The van der Waals surface area contributed by atoms with Gasteiger partial charge in [-0.25, -0.2) is 4.39 Å². The SMILES string of the molecule is CSc1ccc(Cl)c(C(=O)N(Cc2ccccc2F)C2CC2)c1. The van der Waals surface area contributed by atoms with Gasteiger partial charge in [-0.2, -0.15) is 0 Å². The molecule has 0 radical (unpaired) electrons.